The van der Waals surface area contributed by atoms with Gasteiger partial charge in [-0.2, -0.15) is 0 Å². The van der Waals surface area contributed by atoms with Gasteiger partial charge in [-0.3, -0.25) is 14.6 Å². The number of carbonyl (C=O) groups is 1. The molecule has 2 fully saturated rings. The van der Waals surface area contributed by atoms with Gasteiger partial charge in [-0.25, -0.2) is 4.99 Å². The van der Waals surface area contributed by atoms with Crippen LogP contribution >= 0.6 is 0 Å². The first kappa shape index (κ1) is 22.7. The maximum atomic E-state index is 10.9. The number of furan rings is 1. The highest BCUT2D eigenvalue weighted by molar-refractivity contribution is 5.68. The maximum Gasteiger partial charge on any atom is 0.303 e. The van der Waals surface area contributed by atoms with Crippen LogP contribution in [0.3, 0.4) is 0 Å². The molecule has 5 N–H and O–H groups in total. The van der Waals surface area contributed by atoms with Crippen LogP contribution in [-0.2, 0) is 11.3 Å². The first-order valence-corrected chi connectivity index (χ1v) is 11.9. The Bertz CT molecular complexity index is 1030. The lowest BCUT2D eigenvalue weighted by atomic mass is 9.76. The zero-order chi connectivity index (χ0) is 24.2. The van der Waals surface area contributed by atoms with E-state index in [1.807, 2.05) is 18.7 Å². The van der Waals surface area contributed by atoms with E-state index in [0.29, 0.717) is 54.4 Å². The minimum atomic E-state index is -0.793. The molecule has 0 spiro atoms. The molecule has 1 aromatic rings. The average molecular weight is 475 g/mol. The minimum absolute atomic E-state index is 0.226. The highest BCUT2D eigenvalue weighted by atomic mass is 16.7. The number of hydrogen-bond acceptors (Lipinski definition) is 10. The molecule has 1 aromatic heterocycles. The Labute approximate surface area is 198 Å². The molecule has 0 amide bonds. The molecule has 0 aromatic carbocycles. The van der Waals surface area contributed by atoms with E-state index in [-0.39, 0.29) is 12.6 Å². The lowest BCUT2D eigenvalue weighted by Crippen LogP contribution is -2.47. The Balaban J connectivity index is 1.37. The normalized spacial score (nSPS) is 26.5. The van der Waals surface area contributed by atoms with Gasteiger partial charge in [0.1, 0.15) is 12.0 Å². The number of fused-ring (bicyclic) bond motifs is 2. The van der Waals surface area contributed by atoms with Gasteiger partial charge in [0, 0.05) is 32.4 Å². The van der Waals surface area contributed by atoms with E-state index in [4.69, 9.17) is 24.7 Å². The van der Waals surface area contributed by atoms with Crippen molar-refractivity contribution in [1.29, 1.82) is 0 Å². The van der Waals surface area contributed by atoms with Crippen LogP contribution in [0.2, 0.25) is 0 Å². The second-order valence-electron chi connectivity index (χ2n) is 10.2. The fourth-order valence-electron chi connectivity index (χ4n) is 5.22. The molecular weight excluding hydrogens is 440 g/mol. The van der Waals surface area contributed by atoms with Crippen molar-refractivity contribution < 1.29 is 23.8 Å². The molecule has 4 heterocycles. The van der Waals surface area contributed by atoms with E-state index in [9.17, 15) is 4.79 Å². The molecular formula is C23H34N6O5. The summed E-state index contributed by atoms with van der Waals surface area (Å²) < 4.78 is 18.8. The van der Waals surface area contributed by atoms with Crippen LogP contribution in [0.4, 0.5) is 5.88 Å². The van der Waals surface area contributed by atoms with Crippen molar-refractivity contribution in [3.63, 3.8) is 0 Å². The average Bonchev–Trinajstić information content (AvgIpc) is 3.37. The number of carboxylic acid groups (broad SMARTS) is 1. The molecule has 1 atom stereocenters. The molecule has 34 heavy (non-hydrogen) atoms. The number of ether oxygens (including phenoxy) is 2. The predicted octanol–water partition coefficient (Wildman–Crippen LogP) is 2.09. The second kappa shape index (κ2) is 8.30. The van der Waals surface area contributed by atoms with Crippen molar-refractivity contribution in [1.82, 2.24) is 15.5 Å². The van der Waals surface area contributed by atoms with Crippen LogP contribution in [0, 0.1) is 5.92 Å². The van der Waals surface area contributed by atoms with E-state index in [2.05, 4.69) is 34.4 Å². The quantitative estimate of drug-likeness (QED) is 0.443. The zero-order valence-corrected chi connectivity index (χ0v) is 20.1. The monoisotopic (exact) mass is 474 g/mol. The molecule has 1 saturated heterocycles. The number of nitrogens with zero attached hydrogens (tertiary/aromatic N) is 3. The van der Waals surface area contributed by atoms with Crippen LogP contribution in [0.15, 0.2) is 20.9 Å². The summed E-state index contributed by atoms with van der Waals surface area (Å²) >= 11 is 0. The highest BCUT2D eigenvalue weighted by Crippen LogP contribution is 2.52. The maximum absolute atomic E-state index is 10.9. The van der Waals surface area contributed by atoms with Crippen LogP contribution in [0.5, 0.6) is 11.5 Å². The van der Waals surface area contributed by atoms with Crippen molar-refractivity contribution in [3.8, 4) is 11.5 Å². The van der Waals surface area contributed by atoms with Gasteiger partial charge in [0.15, 0.2) is 5.76 Å². The van der Waals surface area contributed by atoms with Crippen molar-refractivity contribution in [3.05, 3.63) is 17.3 Å². The van der Waals surface area contributed by atoms with Gasteiger partial charge in [0.25, 0.3) is 0 Å². The van der Waals surface area contributed by atoms with Gasteiger partial charge in [-0.1, -0.05) is 0 Å². The number of hydrogen-bond donors (Lipinski definition) is 4. The number of carboxylic acids is 1. The molecule has 0 unspecified atom stereocenters. The van der Waals surface area contributed by atoms with Gasteiger partial charge in [-0.05, 0) is 39.0 Å². The van der Waals surface area contributed by atoms with Crippen LogP contribution in [0.25, 0.3) is 0 Å². The highest BCUT2D eigenvalue weighted by Gasteiger charge is 2.45. The van der Waals surface area contributed by atoms with Gasteiger partial charge in [0.05, 0.1) is 25.2 Å². The molecule has 11 nitrogen and oxygen atoms in total. The molecule has 0 bridgehead atoms. The summed E-state index contributed by atoms with van der Waals surface area (Å²) in [5.74, 6) is 1.95. The Morgan fingerprint density at radius 2 is 2.09 bits per heavy atom. The van der Waals surface area contributed by atoms with Gasteiger partial charge in [-0.15, -0.1) is 0 Å². The van der Waals surface area contributed by atoms with Crippen LogP contribution in [0.1, 0.15) is 59.1 Å². The molecule has 1 aliphatic carbocycles. The fraction of sp³-hybridized carbons (Fsp3) is 0.652. The van der Waals surface area contributed by atoms with Crippen molar-refractivity contribution in [2.24, 2.45) is 16.6 Å². The number of nitrogens with one attached hydrogen (secondary N) is 2. The SMILES string of the molecule is CC(C)N(Cc1oc(N2CNC3=C(N)N=CN[C@@H]32)c2c1OC(C)(C)O2)[C@H]1C[C@H](CCC(=O)O)C1. The number of aliphatic carboxylic acids is 1. The van der Waals surface area contributed by atoms with Gasteiger partial charge < -0.3 is 35.4 Å². The Morgan fingerprint density at radius 1 is 1.35 bits per heavy atom. The molecule has 11 heteroatoms. The molecule has 186 valence electrons. The third-order valence-electron chi connectivity index (χ3n) is 7.00. The summed E-state index contributed by atoms with van der Waals surface area (Å²) in [4.78, 5) is 19.5. The number of aliphatic imine (C=N–C) groups is 1. The smallest absolute Gasteiger partial charge is 0.303 e. The third kappa shape index (κ3) is 4.02. The summed E-state index contributed by atoms with van der Waals surface area (Å²) in [6, 6.07) is 0.682. The van der Waals surface area contributed by atoms with E-state index in [0.717, 1.165) is 30.7 Å². The Kier molecular flexibility index (Phi) is 5.54. The van der Waals surface area contributed by atoms with Crippen molar-refractivity contribution >= 4 is 18.2 Å². The second-order valence-corrected chi connectivity index (χ2v) is 10.2. The molecule has 1 saturated carbocycles. The van der Waals surface area contributed by atoms with E-state index >= 15 is 0 Å². The number of nitrogens with two attached hydrogens (primary N) is 1. The van der Waals surface area contributed by atoms with E-state index in [1.54, 1.807) is 6.34 Å². The molecule has 4 aliphatic rings. The lowest BCUT2D eigenvalue weighted by Gasteiger charge is -2.44. The Morgan fingerprint density at radius 3 is 2.79 bits per heavy atom. The first-order valence-electron chi connectivity index (χ1n) is 11.9. The summed E-state index contributed by atoms with van der Waals surface area (Å²) in [7, 11) is 0. The number of rotatable bonds is 8. The molecule has 5 rings (SSSR count). The lowest BCUT2D eigenvalue weighted by molar-refractivity contribution is -0.137. The predicted molar refractivity (Wildman–Crippen MR) is 125 cm³/mol. The van der Waals surface area contributed by atoms with Crippen molar-refractivity contribution in [2.75, 3.05) is 11.6 Å². The largest absolute Gasteiger partial charge is 0.481 e. The van der Waals surface area contributed by atoms with Crippen molar-refractivity contribution in [2.45, 2.75) is 84.0 Å². The van der Waals surface area contributed by atoms with Crippen LogP contribution in [-0.4, -0.2) is 53.0 Å². The zero-order valence-electron chi connectivity index (χ0n) is 20.1. The van der Waals surface area contributed by atoms with E-state index in [1.165, 1.54) is 0 Å². The first-order chi connectivity index (χ1) is 16.1. The third-order valence-corrected chi connectivity index (χ3v) is 7.00. The van der Waals surface area contributed by atoms with Gasteiger partial charge >= 0.3 is 5.97 Å². The van der Waals surface area contributed by atoms with Crippen LogP contribution < -0.4 is 30.7 Å². The summed E-state index contributed by atoms with van der Waals surface area (Å²) in [6.07, 6.45) is 4.33. The fourth-order valence-corrected chi connectivity index (χ4v) is 5.22. The minimum Gasteiger partial charge on any atom is -0.481 e. The standard InChI is InChI=1S/C23H34N6O5/c1-12(2)28(14-7-13(8-14)5-6-16(30)31)9-15-18-19(34-23(3,4)33-18)22(32-15)29-11-27-17-20(24)25-10-26-21(17)29/h10,12-14,21,27H,5-9,11,24H2,1-4H3,(H,25,26)(H,30,31)/t13-,14-,21-/m1/s1. The summed E-state index contributed by atoms with van der Waals surface area (Å²) in [5.41, 5.74) is 6.86. The summed E-state index contributed by atoms with van der Waals surface area (Å²) in [6.45, 7) is 9.19. The summed E-state index contributed by atoms with van der Waals surface area (Å²) in [5, 5.41) is 15.5. The van der Waals surface area contributed by atoms with Gasteiger partial charge in [0.2, 0.25) is 23.2 Å². The molecule has 3 aliphatic heterocycles. The Hall–Kier alpha value is -3.08. The van der Waals surface area contributed by atoms with E-state index < -0.39 is 11.8 Å². The topological polar surface area (TPSA) is 138 Å². The number of anilines is 1. The molecule has 0 radical (unpaired) electrons.